The van der Waals surface area contributed by atoms with Crippen molar-refractivity contribution in [1.82, 2.24) is 0 Å². The third kappa shape index (κ3) is 4.34. The van der Waals surface area contributed by atoms with Crippen molar-refractivity contribution < 1.29 is 48.5 Å². The molecule has 11 heteroatoms. The standard InChI is InChI=1S/C24H26O11/c1-10-18(26)20(28)21(29)24(33-10)35-23-19(27)17-13(25)8-12(30-2)9-16(17)34-22(23)11-5-6-14(31-3)15(7-11)32-4/h5-10,18,20-21,24-26,28-29H,1-4H3/t10-,18-,20+,21-,24-/m0/s1. The molecule has 0 saturated carbocycles. The van der Waals surface area contributed by atoms with Crippen LogP contribution in [-0.2, 0) is 4.74 Å². The Kier molecular flexibility index (Phi) is 6.77. The summed E-state index contributed by atoms with van der Waals surface area (Å²) < 4.78 is 33.0. The molecule has 0 radical (unpaired) electrons. The summed E-state index contributed by atoms with van der Waals surface area (Å²) in [6.07, 6.45) is -7.06. The fraction of sp³-hybridized carbons (Fsp3) is 0.375. The van der Waals surface area contributed by atoms with Gasteiger partial charge in [-0.3, -0.25) is 4.79 Å². The fourth-order valence-corrected chi connectivity index (χ4v) is 3.88. The van der Waals surface area contributed by atoms with Gasteiger partial charge in [-0.2, -0.15) is 0 Å². The number of phenols is 1. The molecular weight excluding hydrogens is 464 g/mol. The van der Waals surface area contributed by atoms with Gasteiger partial charge in [0.15, 0.2) is 17.3 Å². The minimum atomic E-state index is -1.68. The number of hydrogen-bond donors (Lipinski definition) is 4. The smallest absolute Gasteiger partial charge is 0.239 e. The van der Waals surface area contributed by atoms with E-state index in [0.29, 0.717) is 17.1 Å². The molecule has 35 heavy (non-hydrogen) atoms. The van der Waals surface area contributed by atoms with Gasteiger partial charge in [0.2, 0.25) is 17.5 Å². The molecule has 1 aliphatic heterocycles. The first-order chi connectivity index (χ1) is 16.7. The second-order valence-corrected chi connectivity index (χ2v) is 7.98. The Morgan fingerprint density at radius 3 is 2.26 bits per heavy atom. The number of aliphatic hydroxyl groups is 3. The van der Waals surface area contributed by atoms with Crippen LogP contribution in [0.5, 0.6) is 28.7 Å². The highest BCUT2D eigenvalue weighted by atomic mass is 16.7. The Bertz CT molecular complexity index is 1280. The van der Waals surface area contributed by atoms with Gasteiger partial charge >= 0.3 is 0 Å². The van der Waals surface area contributed by atoms with Crippen LogP contribution in [0.1, 0.15) is 6.92 Å². The molecule has 5 atom stereocenters. The van der Waals surface area contributed by atoms with Gasteiger partial charge in [0.25, 0.3) is 0 Å². The summed E-state index contributed by atoms with van der Waals surface area (Å²) in [5, 5.41) is 40.9. The first-order valence-electron chi connectivity index (χ1n) is 10.7. The van der Waals surface area contributed by atoms with E-state index in [1.165, 1.54) is 40.4 Å². The molecule has 188 valence electrons. The maximum atomic E-state index is 13.5. The lowest BCUT2D eigenvalue weighted by molar-refractivity contribution is -0.268. The zero-order chi connectivity index (χ0) is 25.4. The Labute approximate surface area is 199 Å². The van der Waals surface area contributed by atoms with Crippen molar-refractivity contribution in [3.63, 3.8) is 0 Å². The molecule has 0 aliphatic carbocycles. The summed E-state index contributed by atoms with van der Waals surface area (Å²) >= 11 is 0. The second kappa shape index (κ2) is 9.62. The maximum absolute atomic E-state index is 13.5. The van der Waals surface area contributed by atoms with Crippen LogP contribution in [0.2, 0.25) is 0 Å². The Morgan fingerprint density at radius 2 is 1.60 bits per heavy atom. The lowest BCUT2D eigenvalue weighted by Crippen LogP contribution is -2.58. The van der Waals surface area contributed by atoms with E-state index in [1.54, 1.807) is 18.2 Å². The van der Waals surface area contributed by atoms with Crippen molar-refractivity contribution in [3.05, 3.63) is 40.6 Å². The minimum absolute atomic E-state index is 0.0120. The van der Waals surface area contributed by atoms with E-state index >= 15 is 0 Å². The van der Waals surface area contributed by atoms with Crippen molar-refractivity contribution in [2.24, 2.45) is 0 Å². The molecule has 0 amide bonds. The normalized spacial score (nSPS) is 24.3. The number of phenolic OH excluding ortho intramolecular Hbond substituents is 1. The van der Waals surface area contributed by atoms with Crippen LogP contribution in [0.3, 0.4) is 0 Å². The molecule has 1 aliphatic rings. The maximum Gasteiger partial charge on any atom is 0.239 e. The SMILES string of the molecule is COc1cc(O)c2c(=O)c(O[C@@H]3O[C@@H](C)[C@H](O)[C@@H](O)[C@@H]3O)c(-c3ccc(OC)c(OC)c3)oc2c1. The van der Waals surface area contributed by atoms with E-state index < -0.39 is 47.6 Å². The van der Waals surface area contributed by atoms with Crippen molar-refractivity contribution >= 4 is 11.0 Å². The summed E-state index contributed by atoms with van der Waals surface area (Å²) in [7, 11) is 4.31. The lowest BCUT2D eigenvalue weighted by Gasteiger charge is -2.38. The largest absolute Gasteiger partial charge is 0.507 e. The number of hydrogen-bond acceptors (Lipinski definition) is 11. The second-order valence-electron chi connectivity index (χ2n) is 7.98. The molecule has 0 unspecified atom stereocenters. The predicted octanol–water partition coefficient (Wildman–Crippen LogP) is 1.40. The third-order valence-corrected chi connectivity index (χ3v) is 5.83. The van der Waals surface area contributed by atoms with E-state index in [-0.39, 0.29) is 22.5 Å². The third-order valence-electron chi connectivity index (χ3n) is 5.83. The summed E-state index contributed by atoms with van der Waals surface area (Å²) in [5.74, 6) is 0.143. The Morgan fingerprint density at radius 1 is 0.886 bits per heavy atom. The van der Waals surface area contributed by atoms with Crippen LogP contribution in [0.15, 0.2) is 39.5 Å². The van der Waals surface area contributed by atoms with Crippen LogP contribution in [0, 0.1) is 0 Å². The van der Waals surface area contributed by atoms with Gasteiger partial charge < -0.3 is 48.5 Å². The minimum Gasteiger partial charge on any atom is -0.507 e. The highest BCUT2D eigenvalue weighted by Crippen LogP contribution is 2.40. The number of aromatic hydroxyl groups is 1. The van der Waals surface area contributed by atoms with Gasteiger partial charge in [-0.25, -0.2) is 0 Å². The van der Waals surface area contributed by atoms with Gasteiger partial charge in [0, 0.05) is 17.7 Å². The van der Waals surface area contributed by atoms with Crippen molar-refractivity contribution in [1.29, 1.82) is 0 Å². The van der Waals surface area contributed by atoms with Crippen LogP contribution < -0.4 is 24.4 Å². The van der Waals surface area contributed by atoms with Gasteiger partial charge in [-0.1, -0.05) is 0 Å². The quantitative estimate of drug-likeness (QED) is 0.396. The predicted molar refractivity (Wildman–Crippen MR) is 122 cm³/mol. The van der Waals surface area contributed by atoms with Crippen molar-refractivity contribution in [3.8, 4) is 40.1 Å². The number of ether oxygens (including phenoxy) is 5. The van der Waals surface area contributed by atoms with Crippen molar-refractivity contribution in [2.45, 2.75) is 37.6 Å². The molecule has 1 saturated heterocycles. The average molecular weight is 490 g/mol. The summed E-state index contributed by atoms with van der Waals surface area (Å²) in [6.45, 7) is 1.48. The van der Waals surface area contributed by atoms with Crippen LogP contribution in [0.25, 0.3) is 22.3 Å². The molecule has 0 bridgehead atoms. The highest BCUT2D eigenvalue weighted by molar-refractivity contribution is 5.88. The number of aliphatic hydroxyl groups excluding tert-OH is 3. The number of methoxy groups -OCH3 is 3. The van der Waals surface area contributed by atoms with Crippen LogP contribution in [-0.4, -0.2) is 72.5 Å². The molecule has 0 spiro atoms. The van der Waals surface area contributed by atoms with E-state index in [1.807, 2.05) is 0 Å². The van der Waals surface area contributed by atoms with Gasteiger partial charge in [-0.15, -0.1) is 0 Å². The van der Waals surface area contributed by atoms with Gasteiger partial charge in [-0.05, 0) is 25.1 Å². The summed E-state index contributed by atoms with van der Waals surface area (Å²) in [6, 6.07) is 7.41. The Hall–Kier alpha value is -3.51. The molecule has 1 aromatic heterocycles. The van der Waals surface area contributed by atoms with E-state index in [4.69, 9.17) is 28.1 Å². The molecule has 2 aromatic carbocycles. The molecule has 4 rings (SSSR count). The molecule has 1 fully saturated rings. The highest BCUT2D eigenvalue weighted by Gasteiger charge is 2.44. The fourth-order valence-electron chi connectivity index (χ4n) is 3.88. The van der Waals surface area contributed by atoms with E-state index in [0.717, 1.165) is 0 Å². The molecule has 2 heterocycles. The zero-order valence-corrected chi connectivity index (χ0v) is 19.4. The molecule has 4 N–H and O–H groups in total. The van der Waals surface area contributed by atoms with Gasteiger partial charge in [0.1, 0.15) is 40.8 Å². The zero-order valence-electron chi connectivity index (χ0n) is 19.4. The van der Waals surface area contributed by atoms with Crippen molar-refractivity contribution in [2.75, 3.05) is 21.3 Å². The number of fused-ring (bicyclic) bond motifs is 1. The van der Waals surface area contributed by atoms with Gasteiger partial charge in [0.05, 0.1) is 27.4 Å². The first kappa shape index (κ1) is 24.6. The average Bonchev–Trinajstić information content (AvgIpc) is 2.86. The van der Waals surface area contributed by atoms with E-state index in [9.17, 15) is 25.2 Å². The first-order valence-corrected chi connectivity index (χ1v) is 10.7. The Balaban J connectivity index is 1.93. The number of rotatable bonds is 6. The van der Waals surface area contributed by atoms with Crippen LogP contribution in [0.4, 0.5) is 0 Å². The lowest BCUT2D eigenvalue weighted by atomic mass is 10.00. The topological polar surface area (TPSA) is 157 Å². The van der Waals surface area contributed by atoms with E-state index in [2.05, 4.69) is 0 Å². The summed E-state index contributed by atoms with van der Waals surface area (Å²) in [4.78, 5) is 13.5. The monoisotopic (exact) mass is 490 g/mol. The molecular formula is C24H26O11. The summed E-state index contributed by atoms with van der Waals surface area (Å²) in [5.41, 5.74) is -0.406. The van der Waals surface area contributed by atoms with Crippen LogP contribution >= 0.6 is 0 Å². The number of benzene rings is 2. The molecule has 3 aromatic rings. The molecule has 11 nitrogen and oxygen atoms in total.